The van der Waals surface area contributed by atoms with Crippen molar-refractivity contribution in [1.29, 1.82) is 0 Å². The number of carbonyl (C=O) groups is 3. The topological polar surface area (TPSA) is 105 Å². The lowest BCUT2D eigenvalue weighted by Gasteiger charge is -2.22. The highest BCUT2D eigenvalue weighted by Gasteiger charge is 2.23. The summed E-state index contributed by atoms with van der Waals surface area (Å²) < 4.78 is 5.09. The van der Waals surface area contributed by atoms with Crippen LogP contribution in [-0.4, -0.2) is 41.3 Å². The van der Waals surface area contributed by atoms with Gasteiger partial charge in [-0.2, -0.15) is 0 Å². The number of carboxylic acid groups (broad SMARTS) is 1. The predicted octanol–water partition coefficient (Wildman–Crippen LogP) is 6.34. The molecule has 1 atom stereocenters. The van der Waals surface area contributed by atoms with Gasteiger partial charge in [-0.25, -0.2) is 9.59 Å². The molecule has 3 N–H and O–H groups in total. The van der Waals surface area contributed by atoms with E-state index in [1.165, 1.54) is 70.6 Å². The van der Waals surface area contributed by atoms with Crippen molar-refractivity contribution in [3.63, 3.8) is 0 Å². The first-order valence-corrected chi connectivity index (χ1v) is 13.1. The minimum Gasteiger partial charge on any atom is -0.480 e. The smallest absolute Gasteiger partial charge is 0.408 e. The van der Waals surface area contributed by atoms with Crippen LogP contribution in [0.5, 0.6) is 0 Å². The summed E-state index contributed by atoms with van der Waals surface area (Å²) in [5.41, 5.74) is -0.686. The van der Waals surface area contributed by atoms with Crippen LogP contribution in [0.1, 0.15) is 130 Å². The van der Waals surface area contributed by atoms with E-state index in [9.17, 15) is 19.5 Å². The van der Waals surface area contributed by atoms with Crippen LogP contribution in [0.25, 0.3) is 0 Å². The molecule has 0 saturated heterocycles. The van der Waals surface area contributed by atoms with Gasteiger partial charge in [-0.1, -0.05) is 84.0 Å². The standard InChI is InChI=1S/C26H50N2O5/c1-5-6-7-8-9-10-11-12-13-14-15-16-17-20-23(29)27-21-18-19-22(24(30)31)28-25(32)33-26(2,3)4/h22H,5-21H2,1-4H3,(H,27,29)(H,28,32)(H,30,31)/t22-/m0/s1. The van der Waals surface area contributed by atoms with E-state index >= 15 is 0 Å². The van der Waals surface area contributed by atoms with Gasteiger partial charge in [0.15, 0.2) is 0 Å². The Bertz CT molecular complexity index is 531. The van der Waals surface area contributed by atoms with E-state index in [0.29, 0.717) is 19.4 Å². The molecule has 0 aliphatic heterocycles. The molecule has 2 amide bonds. The molecule has 33 heavy (non-hydrogen) atoms. The maximum absolute atomic E-state index is 11.9. The van der Waals surface area contributed by atoms with Crippen LogP contribution in [0, 0.1) is 0 Å². The van der Waals surface area contributed by atoms with Crippen molar-refractivity contribution in [3.8, 4) is 0 Å². The summed E-state index contributed by atoms with van der Waals surface area (Å²) in [6.07, 6.45) is 17.0. The Labute approximate surface area is 201 Å². The monoisotopic (exact) mass is 470 g/mol. The number of amides is 2. The Morgan fingerprint density at radius 3 is 1.73 bits per heavy atom. The highest BCUT2D eigenvalue weighted by molar-refractivity contribution is 5.80. The fourth-order valence-corrected chi connectivity index (χ4v) is 3.63. The van der Waals surface area contributed by atoms with Crippen LogP contribution in [0.15, 0.2) is 0 Å². The summed E-state index contributed by atoms with van der Waals surface area (Å²) >= 11 is 0. The molecule has 0 aromatic carbocycles. The number of nitrogens with one attached hydrogen (secondary N) is 2. The molecule has 7 heteroatoms. The molecule has 194 valence electrons. The molecule has 0 spiro atoms. The van der Waals surface area contributed by atoms with Crippen LogP contribution in [0.4, 0.5) is 4.79 Å². The van der Waals surface area contributed by atoms with Gasteiger partial charge in [0.05, 0.1) is 0 Å². The van der Waals surface area contributed by atoms with E-state index in [-0.39, 0.29) is 12.3 Å². The number of unbranched alkanes of at least 4 members (excludes halogenated alkanes) is 12. The fourth-order valence-electron chi connectivity index (χ4n) is 3.63. The molecule has 0 aliphatic rings. The van der Waals surface area contributed by atoms with Gasteiger partial charge in [-0.3, -0.25) is 4.79 Å². The second kappa shape index (κ2) is 19.7. The molecule has 0 fully saturated rings. The van der Waals surface area contributed by atoms with E-state index in [1.807, 2.05) is 0 Å². The summed E-state index contributed by atoms with van der Waals surface area (Å²) in [5.74, 6) is -1.11. The SMILES string of the molecule is CCCCCCCCCCCCCCCC(=O)NCCC[C@H](NC(=O)OC(C)(C)C)C(=O)O. The Hall–Kier alpha value is -1.79. The van der Waals surface area contributed by atoms with Gasteiger partial charge in [-0.05, 0) is 40.0 Å². The van der Waals surface area contributed by atoms with Gasteiger partial charge in [0, 0.05) is 13.0 Å². The van der Waals surface area contributed by atoms with Gasteiger partial charge >= 0.3 is 12.1 Å². The minimum atomic E-state index is -1.11. The van der Waals surface area contributed by atoms with E-state index in [1.54, 1.807) is 20.8 Å². The molecule has 0 aromatic heterocycles. The number of carboxylic acids is 1. The summed E-state index contributed by atoms with van der Waals surface area (Å²) in [5, 5.41) is 14.5. The average Bonchev–Trinajstić information content (AvgIpc) is 2.72. The molecule has 0 aliphatic carbocycles. The third-order valence-electron chi connectivity index (χ3n) is 5.49. The van der Waals surface area contributed by atoms with E-state index in [2.05, 4.69) is 17.6 Å². The zero-order chi connectivity index (χ0) is 25.0. The van der Waals surface area contributed by atoms with Crippen molar-refractivity contribution in [2.75, 3.05) is 6.54 Å². The van der Waals surface area contributed by atoms with Crippen molar-refractivity contribution in [1.82, 2.24) is 10.6 Å². The van der Waals surface area contributed by atoms with Gasteiger partial charge in [0.2, 0.25) is 5.91 Å². The molecule has 0 unspecified atom stereocenters. The number of hydrogen-bond donors (Lipinski definition) is 3. The number of alkyl carbamates (subject to hydrolysis) is 1. The highest BCUT2D eigenvalue weighted by Crippen LogP contribution is 2.13. The first-order valence-electron chi connectivity index (χ1n) is 13.1. The lowest BCUT2D eigenvalue weighted by molar-refractivity contribution is -0.139. The maximum atomic E-state index is 11.9. The van der Waals surface area contributed by atoms with Gasteiger partial charge in [0.25, 0.3) is 0 Å². The highest BCUT2D eigenvalue weighted by atomic mass is 16.6. The lowest BCUT2D eigenvalue weighted by atomic mass is 10.0. The van der Waals surface area contributed by atoms with Crippen molar-refractivity contribution >= 4 is 18.0 Å². The molecule has 0 aromatic rings. The largest absolute Gasteiger partial charge is 0.480 e. The van der Waals surface area contributed by atoms with Gasteiger partial charge in [-0.15, -0.1) is 0 Å². The van der Waals surface area contributed by atoms with E-state index in [0.717, 1.165) is 12.8 Å². The van der Waals surface area contributed by atoms with Crippen LogP contribution in [0.3, 0.4) is 0 Å². The van der Waals surface area contributed by atoms with Gasteiger partial charge in [0.1, 0.15) is 11.6 Å². The van der Waals surface area contributed by atoms with Gasteiger partial charge < -0.3 is 20.5 Å². The van der Waals surface area contributed by atoms with E-state index in [4.69, 9.17) is 4.74 Å². The van der Waals surface area contributed by atoms with Crippen molar-refractivity contribution in [3.05, 3.63) is 0 Å². The van der Waals surface area contributed by atoms with Crippen LogP contribution in [0.2, 0.25) is 0 Å². The summed E-state index contributed by atoms with van der Waals surface area (Å²) in [4.78, 5) is 35.0. The number of hydrogen-bond acceptors (Lipinski definition) is 4. The summed E-state index contributed by atoms with van der Waals surface area (Å²) in [7, 11) is 0. The van der Waals surface area contributed by atoms with Crippen LogP contribution < -0.4 is 10.6 Å². The molecule has 0 saturated carbocycles. The van der Waals surface area contributed by atoms with Crippen LogP contribution >= 0.6 is 0 Å². The Kier molecular flexibility index (Phi) is 18.6. The quantitative estimate of drug-likeness (QED) is 0.180. The fraction of sp³-hybridized carbons (Fsp3) is 0.885. The summed E-state index contributed by atoms with van der Waals surface area (Å²) in [6.45, 7) is 7.80. The lowest BCUT2D eigenvalue weighted by Crippen LogP contribution is -2.43. The molecule has 0 rings (SSSR count). The minimum absolute atomic E-state index is 0.00468. The average molecular weight is 471 g/mol. The second-order valence-corrected chi connectivity index (χ2v) is 10.0. The number of rotatable bonds is 20. The number of ether oxygens (including phenoxy) is 1. The Morgan fingerprint density at radius 1 is 0.788 bits per heavy atom. The summed E-state index contributed by atoms with van der Waals surface area (Å²) in [6, 6.07) is -1.03. The number of carbonyl (C=O) groups excluding carboxylic acids is 2. The third-order valence-corrected chi connectivity index (χ3v) is 5.49. The Balaban J connectivity index is 3.64. The first-order chi connectivity index (χ1) is 15.7. The van der Waals surface area contributed by atoms with Crippen molar-refractivity contribution in [2.45, 2.75) is 142 Å². The first kappa shape index (κ1) is 31.2. The zero-order valence-corrected chi connectivity index (χ0v) is 21.7. The van der Waals surface area contributed by atoms with Crippen LogP contribution in [-0.2, 0) is 14.3 Å². The molecular formula is C26H50N2O5. The zero-order valence-electron chi connectivity index (χ0n) is 21.7. The third kappa shape index (κ3) is 21.8. The predicted molar refractivity (Wildman–Crippen MR) is 133 cm³/mol. The molecule has 0 bridgehead atoms. The molecule has 7 nitrogen and oxygen atoms in total. The number of aliphatic carboxylic acids is 1. The maximum Gasteiger partial charge on any atom is 0.408 e. The second-order valence-electron chi connectivity index (χ2n) is 10.0. The Morgan fingerprint density at radius 2 is 1.27 bits per heavy atom. The normalized spacial score (nSPS) is 12.2. The van der Waals surface area contributed by atoms with Crippen molar-refractivity contribution in [2.24, 2.45) is 0 Å². The molecule has 0 heterocycles. The molecular weight excluding hydrogens is 420 g/mol. The van der Waals surface area contributed by atoms with Crippen molar-refractivity contribution < 1.29 is 24.2 Å². The molecule has 0 radical (unpaired) electrons. The van der Waals surface area contributed by atoms with E-state index < -0.39 is 23.7 Å².